The molecule has 1 heterocycles. The van der Waals surface area contributed by atoms with E-state index in [9.17, 15) is 9.18 Å². The largest absolute Gasteiger partial charge is 0.497 e. The molecule has 0 N–H and O–H groups in total. The smallest absolute Gasteiger partial charge is 0.257 e. The van der Waals surface area contributed by atoms with Crippen LogP contribution in [0.5, 0.6) is 5.75 Å². The Balaban J connectivity index is 1.65. The minimum atomic E-state index is -0.540. The predicted molar refractivity (Wildman–Crippen MR) is 92.5 cm³/mol. The number of halogens is 2. The summed E-state index contributed by atoms with van der Waals surface area (Å²) in [6, 6.07) is 11.9. The number of methoxy groups -OCH3 is 1. The Kier molecular flexibility index (Phi) is 4.90. The lowest BCUT2D eigenvalue weighted by atomic mass is 10.1. The van der Waals surface area contributed by atoms with Gasteiger partial charge in [0.15, 0.2) is 0 Å². The van der Waals surface area contributed by atoms with Crippen LogP contribution in [0.15, 0.2) is 42.5 Å². The Morgan fingerprint density at radius 1 is 1.08 bits per heavy atom. The lowest BCUT2D eigenvalue weighted by molar-refractivity contribution is 0.0742. The summed E-state index contributed by atoms with van der Waals surface area (Å²) in [5.74, 6) is -0.0460. The van der Waals surface area contributed by atoms with Crippen LogP contribution in [0, 0.1) is 5.82 Å². The van der Waals surface area contributed by atoms with E-state index in [2.05, 4.69) is 4.90 Å². The number of carbonyl (C=O) groups excluding carboxylic acids is 1. The van der Waals surface area contributed by atoms with Crippen LogP contribution in [-0.2, 0) is 0 Å². The Morgan fingerprint density at radius 2 is 1.75 bits per heavy atom. The molecule has 126 valence electrons. The van der Waals surface area contributed by atoms with E-state index in [1.807, 2.05) is 24.3 Å². The summed E-state index contributed by atoms with van der Waals surface area (Å²) in [5.41, 5.74) is 1.11. The zero-order valence-electron chi connectivity index (χ0n) is 13.3. The van der Waals surface area contributed by atoms with E-state index >= 15 is 0 Å². The standard InChI is InChI=1S/C18H18ClFN2O2/c1-24-15-5-3-14(4-6-15)21-8-10-22(11-9-21)18(23)16-12-13(19)2-7-17(16)20/h2-7,12H,8-11H2,1H3. The number of carbonyl (C=O) groups is 1. The highest BCUT2D eigenvalue weighted by Gasteiger charge is 2.24. The van der Waals surface area contributed by atoms with Crippen LogP contribution in [-0.4, -0.2) is 44.1 Å². The van der Waals surface area contributed by atoms with Gasteiger partial charge in [0.2, 0.25) is 0 Å². The van der Waals surface area contributed by atoms with E-state index in [0.29, 0.717) is 31.2 Å². The molecule has 0 bridgehead atoms. The fourth-order valence-corrected chi connectivity index (χ4v) is 2.96. The number of nitrogens with zero attached hydrogens (tertiary/aromatic N) is 2. The normalized spacial score (nSPS) is 14.6. The molecule has 0 radical (unpaired) electrons. The second-order valence-electron chi connectivity index (χ2n) is 5.60. The summed E-state index contributed by atoms with van der Waals surface area (Å²) < 4.78 is 19.0. The van der Waals surface area contributed by atoms with Gasteiger partial charge in [0.05, 0.1) is 12.7 Å². The second-order valence-corrected chi connectivity index (χ2v) is 6.04. The van der Waals surface area contributed by atoms with Crippen molar-refractivity contribution >= 4 is 23.2 Å². The molecule has 6 heteroatoms. The van der Waals surface area contributed by atoms with Gasteiger partial charge in [-0.05, 0) is 42.5 Å². The monoisotopic (exact) mass is 348 g/mol. The van der Waals surface area contributed by atoms with E-state index in [1.54, 1.807) is 12.0 Å². The first-order valence-corrected chi connectivity index (χ1v) is 8.09. The van der Waals surface area contributed by atoms with Crippen LogP contribution in [0.3, 0.4) is 0 Å². The SMILES string of the molecule is COc1ccc(N2CCN(C(=O)c3cc(Cl)ccc3F)CC2)cc1. The minimum absolute atomic E-state index is 0.0281. The van der Waals surface area contributed by atoms with Crippen LogP contribution in [0.2, 0.25) is 5.02 Å². The second kappa shape index (κ2) is 7.09. The first-order chi connectivity index (χ1) is 11.6. The van der Waals surface area contributed by atoms with Gasteiger partial charge < -0.3 is 14.5 Å². The van der Waals surface area contributed by atoms with Crippen LogP contribution >= 0.6 is 11.6 Å². The molecule has 0 saturated carbocycles. The van der Waals surface area contributed by atoms with Crippen molar-refractivity contribution in [3.8, 4) is 5.75 Å². The van der Waals surface area contributed by atoms with Gasteiger partial charge in [0.25, 0.3) is 5.91 Å². The topological polar surface area (TPSA) is 32.8 Å². The van der Waals surface area contributed by atoms with Crippen LogP contribution < -0.4 is 9.64 Å². The number of benzene rings is 2. The molecule has 1 aliphatic rings. The van der Waals surface area contributed by atoms with E-state index in [-0.39, 0.29) is 11.5 Å². The van der Waals surface area contributed by atoms with E-state index in [0.717, 1.165) is 11.4 Å². The number of hydrogen-bond acceptors (Lipinski definition) is 3. The summed E-state index contributed by atoms with van der Waals surface area (Å²) in [5, 5.41) is 0.358. The minimum Gasteiger partial charge on any atom is -0.497 e. The zero-order chi connectivity index (χ0) is 17.1. The summed E-state index contributed by atoms with van der Waals surface area (Å²) in [4.78, 5) is 16.3. The Labute approximate surface area is 145 Å². The third kappa shape index (κ3) is 3.46. The van der Waals surface area contributed by atoms with Gasteiger partial charge in [0, 0.05) is 36.9 Å². The summed E-state index contributed by atoms with van der Waals surface area (Å²) in [6.45, 7) is 2.47. The van der Waals surface area contributed by atoms with Gasteiger partial charge in [-0.3, -0.25) is 4.79 Å². The van der Waals surface area contributed by atoms with Crippen molar-refractivity contribution in [1.29, 1.82) is 0 Å². The number of anilines is 1. The van der Waals surface area contributed by atoms with Gasteiger partial charge in [-0.1, -0.05) is 11.6 Å². The Bertz CT molecular complexity index is 728. The Morgan fingerprint density at radius 3 is 2.38 bits per heavy atom. The molecule has 1 amide bonds. The average molecular weight is 349 g/mol. The number of amides is 1. The van der Waals surface area contributed by atoms with Gasteiger partial charge in [0.1, 0.15) is 11.6 Å². The molecular weight excluding hydrogens is 331 g/mol. The third-order valence-corrected chi connectivity index (χ3v) is 4.40. The van der Waals surface area contributed by atoms with Crippen molar-refractivity contribution in [3.63, 3.8) is 0 Å². The molecule has 0 unspecified atom stereocenters. The first-order valence-electron chi connectivity index (χ1n) is 7.72. The third-order valence-electron chi connectivity index (χ3n) is 4.16. The number of ether oxygens (including phenoxy) is 1. The maximum absolute atomic E-state index is 13.9. The van der Waals surface area contributed by atoms with Gasteiger partial charge in [-0.2, -0.15) is 0 Å². The molecule has 2 aromatic carbocycles. The van der Waals surface area contributed by atoms with Crippen molar-refractivity contribution in [2.75, 3.05) is 38.2 Å². The molecule has 2 aromatic rings. The molecule has 0 aromatic heterocycles. The van der Waals surface area contributed by atoms with Crippen LogP contribution in [0.4, 0.5) is 10.1 Å². The molecule has 4 nitrogen and oxygen atoms in total. The molecule has 24 heavy (non-hydrogen) atoms. The van der Waals surface area contributed by atoms with Crippen molar-refractivity contribution in [2.45, 2.75) is 0 Å². The highest BCUT2D eigenvalue weighted by atomic mass is 35.5. The highest BCUT2D eigenvalue weighted by molar-refractivity contribution is 6.31. The van der Waals surface area contributed by atoms with E-state index in [1.165, 1.54) is 18.2 Å². The number of rotatable bonds is 3. The van der Waals surface area contributed by atoms with Crippen molar-refractivity contribution in [3.05, 3.63) is 58.9 Å². The summed E-state index contributed by atoms with van der Waals surface area (Å²) in [7, 11) is 1.63. The lowest BCUT2D eigenvalue weighted by Crippen LogP contribution is -2.49. The predicted octanol–water partition coefficient (Wildman–Crippen LogP) is 3.45. The zero-order valence-corrected chi connectivity index (χ0v) is 14.1. The molecule has 0 atom stereocenters. The van der Waals surface area contributed by atoms with Gasteiger partial charge >= 0.3 is 0 Å². The maximum Gasteiger partial charge on any atom is 0.257 e. The molecule has 3 rings (SSSR count). The fourth-order valence-electron chi connectivity index (χ4n) is 2.79. The molecule has 0 aliphatic carbocycles. The molecule has 1 aliphatic heterocycles. The highest BCUT2D eigenvalue weighted by Crippen LogP contribution is 2.22. The molecule has 1 saturated heterocycles. The molecular formula is C18H18ClFN2O2. The number of hydrogen-bond donors (Lipinski definition) is 0. The van der Waals surface area contributed by atoms with E-state index < -0.39 is 5.82 Å². The average Bonchev–Trinajstić information content (AvgIpc) is 2.63. The summed E-state index contributed by atoms with van der Waals surface area (Å²) >= 11 is 5.87. The number of piperazine rings is 1. The van der Waals surface area contributed by atoms with Crippen LogP contribution in [0.1, 0.15) is 10.4 Å². The van der Waals surface area contributed by atoms with Gasteiger partial charge in [-0.15, -0.1) is 0 Å². The molecule has 0 spiro atoms. The van der Waals surface area contributed by atoms with Crippen LogP contribution in [0.25, 0.3) is 0 Å². The quantitative estimate of drug-likeness (QED) is 0.851. The van der Waals surface area contributed by atoms with Gasteiger partial charge in [-0.25, -0.2) is 4.39 Å². The maximum atomic E-state index is 13.9. The fraction of sp³-hybridized carbons (Fsp3) is 0.278. The lowest BCUT2D eigenvalue weighted by Gasteiger charge is -2.36. The first kappa shape index (κ1) is 16.6. The molecule has 1 fully saturated rings. The van der Waals surface area contributed by atoms with Crippen molar-refractivity contribution < 1.29 is 13.9 Å². The van der Waals surface area contributed by atoms with Crippen molar-refractivity contribution in [1.82, 2.24) is 4.90 Å². The Hall–Kier alpha value is -2.27. The summed E-state index contributed by atoms with van der Waals surface area (Å²) in [6.07, 6.45) is 0. The van der Waals surface area contributed by atoms with E-state index in [4.69, 9.17) is 16.3 Å². The van der Waals surface area contributed by atoms with Crippen molar-refractivity contribution in [2.24, 2.45) is 0 Å².